The van der Waals surface area contributed by atoms with Gasteiger partial charge in [-0.2, -0.15) is 0 Å². The fraction of sp³-hybridized carbons (Fsp3) is 0.250. The maximum absolute atomic E-state index is 3.91. The second-order valence-corrected chi connectivity index (χ2v) is 5.48. The van der Waals surface area contributed by atoms with Crippen LogP contribution in [0.1, 0.15) is 0 Å². The molecule has 68 valence electrons. The van der Waals surface area contributed by atoms with Crippen LogP contribution in [0.4, 0.5) is 0 Å². The van der Waals surface area contributed by atoms with E-state index in [0.29, 0.717) is 5.16 Å². The van der Waals surface area contributed by atoms with Gasteiger partial charge in [-0.3, -0.25) is 0 Å². The Labute approximate surface area is 89.9 Å². The highest BCUT2D eigenvalue weighted by Gasteiger charge is 2.08. The molecule has 6 nitrogen and oxygen atoms in total. The van der Waals surface area contributed by atoms with Gasteiger partial charge in [-0.05, 0) is 38.1 Å². The molecule has 0 bridgehead atoms. The van der Waals surface area contributed by atoms with Crippen LogP contribution in [0.15, 0.2) is 13.4 Å². The smallest absolute Gasteiger partial charge is 0.216 e. The van der Waals surface area contributed by atoms with Gasteiger partial charge in [0, 0.05) is 7.05 Å². The van der Waals surface area contributed by atoms with Gasteiger partial charge in [0.2, 0.25) is 5.16 Å². The van der Waals surface area contributed by atoms with Gasteiger partial charge < -0.3 is 0 Å². The Morgan fingerprint density at radius 1 is 1.38 bits per heavy atom. The van der Waals surface area contributed by atoms with Gasteiger partial charge >= 0.3 is 0 Å². The second kappa shape index (κ2) is 3.68. The van der Waals surface area contributed by atoms with E-state index >= 15 is 0 Å². The third kappa shape index (κ3) is 2.03. The number of aryl methyl sites for hydroxylation is 1. The van der Waals surface area contributed by atoms with Gasteiger partial charge in [0.25, 0.3) is 0 Å². The monoisotopic (exact) mass is 278 g/mol. The minimum atomic E-state index is 0.698. The number of hydrogen-bond acceptors (Lipinski definition) is 7. The number of hydrogen-bond donors (Lipinski definition) is 0. The molecule has 0 saturated carbocycles. The molecule has 0 radical (unpaired) electrons. The molecule has 0 aliphatic heterocycles. The Bertz CT molecular complexity index is 410. The van der Waals surface area contributed by atoms with Crippen LogP contribution in [0.5, 0.6) is 0 Å². The van der Waals surface area contributed by atoms with Gasteiger partial charge in [-0.25, -0.2) is 4.68 Å². The molecule has 0 aromatic carbocycles. The first kappa shape index (κ1) is 9.03. The highest BCUT2D eigenvalue weighted by Crippen LogP contribution is 2.29. The van der Waals surface area contributed by atoms with E-state index in [4.69, 9.17) is 0 Å². The van der Waals surface area contributed by atoms with Crippen LogP contribution in [0.25, 0.3) is 0 Å². The second-order valence-electron chi connectivity index (χ2n) is 2.01. The summed E-state index contributed by atoms with van der Waals surface area (Å²) in [6.07, 6.45) is 0. The molecular formula is C4H3BrN6S2. The molecule has 0 aliphatic rings. The molecular weight excluding hydrogens is 276 g/mol. The van der Waals surface area contributed by atoms with Crippen molar-refractivity contribution in [2.24, 2.45) is 7.05 Å². The zero-order valence-corrected chi connectivity index (χ0v) is 9.60. The Hall–Kier alpha value is -0.540. The molecule has 0 spiro atoms. The summed E-state index contributed by atoms with van der Waals surface area (Å²) in [5, 5.41) is 19.4. The van der Waals surface area contributed by atoms with E-state index in [-0.39, 0.29) is 0 Å². The summed E-state index contributed by atoms with van der Waals surface area (Å²) < 4.78 is 3.15. The molecule has 2 rings (SSSR count). The summed E-state index contributed by atoms with van der Waals surface area (Å²) in [6.45, 7) is 0. The van der Waals surface area contributed by atoms with Crippen LogP contribution < -0.4 is 0 Å². The maximum Gasteiger partial charge on any atom is 0.216 e. The Balaban J connectivity index is 2.19. The van der Waals surface area contributed by atoms with E-state index < -0.39 is 0 Å². The third-order valence-corrected chi connectivity index (χ3v) is 3.58. The molecule has 0 N–H and O–H groups in total. The lowest BCUT2D eigenvalue weighted by molar-refractivity contribution is 0.664. The molecule has 0 saturated heterocycles. The summed E-state index contributed by atoms with van der Waals surface area (Å²) >= 11 is 6.05. The fourth-order valence-corrected chi connectivity index (χ4v) is 2.90. The van der Waals surface area contributed by atoms with Gasteiger partial charge in [0.05, 0.1) is 0 Å². The molecule has 0 unspecified atom stereocenters. The zero-order valence-electron chi connectivity index (χ0n) is 6.38. The van der Waals surface area contributed by atoms with Crippen molar-refractivity contribution in [1.82, 2.24) is 30.4 Å². The normalized spacial score (nSPS) is 10.6. The predicted octanol–water partition coefficient (Wildman–Crippen LogP) is 0.975. The van der Waals surface area contributed by atoms with E-state index in [1.807, 2.05) is 0 Å². The molecule has 13 heavy (non-hydrogen) atoms. The minimum absolute atomic E-state index is 0.698. The standard InChI is InChI=1S/C4H3BrN6S2/c1-11-3(7-9-10-11)13-4-8-6-2(5)12-4/h1H3. The lowest BCUT2D eigenvalue weighted by Gasteiger charge is -1.91. The topological polar surface area (TPSA) is 69.4 Å². The van der Waals surface area contributed by atoms with Crippen molar-refractivity contribution in [3.8, 4) is 0 Å². The first-order valence-corrected chi connectivity index (χ1v) is 5.57. The number of rotatable bonds is 2. The van der Waals surface area contributed by atoms with Gasteiger partial charge in [0.1, 0.15) is 0 Å². The van der Waals surface area contributed by atoms with Crippen molar-refractivity contribution in [3.05, 3.63) is 3.92 Å². The van der Waals surface area contributed by atoms with Crippen molar-refractivity contribution in [2.75, 3.05) is 0 Å². The number of nitrogens with zero attached hydrogens (tertiary/aromatic N) is 6. The van der Waals surface area contributed by atoms with Crippen molar-refractivity contribution in [1.29, 1.82) is 0 Å². The Morgan fingerprint density at radius 3 is 2.77 bits per heavy atom. The molecule has 0 fully saturated rings. The van der Waals surface area contributed by atoms with E-state index in [2.05, 4.69) is 41.7 Å². The van der Waals surface area contributed by atoms with Crippen LogP contribution >= 0.6 is 39.0 Å². The predicted molar refractivity (Wildman–Crippen MR) is 50.5 cm³/mol. The van der Waals surface area contributed by atoms with Crippen molar-refractivity contribution < 1.29 is 0 Å². The van der Waals surface area contributed by atoms with Crippen molar-refractivity contribution in [3.63, 3.8) is 0 Å². The summed E-state index contributed by atoms with van der Waals surface area (Å²) in [5.41, 5.74) is 0. The first-order valence-electron chi connectivity index (χ1n) is 3.15. The average molecular weight is 279 g/mol. The van der Waals surface area contributed by atoms with Crippen LogP contribution in [0, 0.1) is 0 Å². The lowest BCUT2D eigenvalue weighted by atomic mass is 11.2. The first-order chi connectivity index (χ1) is 6.25. The number of halogens is 1. The SMILES string of the molecule is Cn1nnnc1Sc1nnc(Br)s1. The van der Waals surface area contributed by atoms with Gasteiger partial charge in [-0.15, -0.1) is 15.3 Å². The van der Waals surface area contributed by atoms with E-state index in [1.54, 1.807) is 11.7 Å². The number of tetrazole rings is 1. The Kier molecular flexibility index (Phi) is 2.56. The maximum atomic E-state index is 3.91. The molecule has 9 heteroatoms. The van der Waals surface area contributed by atoms with Crippen molar-refractivity contribution >= 4 is 39.0 Å². The van der Waals surface area contributed by atoms with Crippen LogP contribution in [-0.4, -0.2) is 30.4 Å². The lowest BCUT2D eigenvalue weighted by Crippen LogP contribution is -1.92. The third-order valence-electron chi connectivity index (χ3n) is 1.14. The van der Waals surface area contributed by atoms with Crippen LogP contribution in [0.2, 0.25) is 0 Å². The summed E-state index contributed by atoms with van der Waals surface area (Å²) in [4.78, 5) is 0. The fourth-order valence-electron chi connectivity index (χ4n) is 0.620. The van der Waals surface area contributed by atoms with E-state index in [1.165, 1.54) is 23.1 Å². The van der Waals surface area contributed by atoms with Crippen LogP contribution in [0.3, 0.4) is 0 Å². The zero-order chi connectivity index (χ0) is 9.26. The molecule has 2 heterocycles. The molecule has 0 aliphatic carbocycles. The minimum Gasteiger partial charge on any atom is -0.223 e. The largest absolute Gasteiger partial charge is 0.223 e. The Morgan fingerprint density at radius 2 is 2.23 bits per heavy atom. The number of aromatic nitrogens is 6. The molecule has 0 atom stereocenters. The van der Waals surface area contributed by atoms with Crippen LogP contribution in [-0.2, 0) is 7.05 Å². The summed E-state index contributed by atoms with van der Waals surface area (Å²) in [6, 6.07) is 0. The van der Waals surface area contributed by atoms with E-state index in [9.17, 15) is 0 Å². The van der Waals surface area contributed by atoms with Gasteiger partial charge in [0.15, 0.2) is 8.26 Å². The summed E-state index contributed by atoms with van der Waals surface area (Å²) in [5.74, 6) is 0. The quantitative estimate of drug-likeness (QED) is 0.816. The summed E-state index contributed by atoms with van der Waals surface area (Å²) in [7, 11) is 1.78. The molecule has 2 aromatic heterocycles. The molecule has 0 amide bonds. The molecule has 2 aromatic rings. The van der Waals surface area contributed by atoms with Gasteiger partial charge in [-0.1, -0.05) is 11.3 Å². The highest BCUT2D eigenvalue weighted by atomic mass is 79.9. The average Bonchev–Trinajstić information content (AvgIpc) is 2.64. The highest BCUT2D eigenvalue weighted by molar-refractivity contribution is 9.11. The van der Waals surface area contributed by atoms with Crippen molar-refractivity contribution in [2.45, 2.75) is 9.50 Å². The van der Waals surface area contributed by atoms with E-state index in [0.717, 1.165) is 8.26 Å².